The van der Waals surface area contributed by atoms with Crippen LogP contribution in [0.4, 0.5) is 13.2 Å². The minimum absolute atomic E-state index is 0.0813. The Bertz CT molecular complexity index is 923. The summed E-state index contributed by atoms with van der Waals surface area (Å²) in [6, 6.07) is -2.15. The maximum absolute atomic E-state index is 13.6. The summed E-state index contributed by atoms with van der Waals surface area (Å²) in [4.78, 5) is 53.3. The lowest BCUT2D eigenvalue weighted by Gasteiger charge is -2.30. The summed E-state index contributed by atoms with van der Waals surface area (Å²) in [5.74, 6) is -2.60. The van der Waals surface area contributed by atoms with Crippen LogP contribution in [0, 0.1) is 23.2 Å². The zero-order chi connectivity index (χ0) is 25.7. The molecule has 12 heteroatoms. The van der Waals surface area contributed by atoms with Crippen LogP contribution in [0.25, 0.3) is 0 Å². The van der Waals surface area contributed by atoms with Gasteiger partial charge in [0, 0.05) is 19.0 Å². The van der Waals surface area contributed by atoms with Crippen molar-refractivity contribution in [3.63, 3.8) is 0 Å². The second kappa shape index (κ2) is 9.59. The summed E-state index contributed by atoms with van der Waals surface area (Å²) < 4.78 is 47.2. The molecule has 5 rings (SSSR count). The molecular weight excluding hydrogens is 483 g/mol. The van der Waals surface area contributed by atoms with Crippen molar-refractivity contribution in [3.8, 4) is 0 Å². The number of ether oxygens (including phenoxy) is 2. The number of likely N-dealkylation sites (tertiary alicyclic amines) is 1. The number of ketones is 1. The predicted molar refractivity (Wildman–Crippen MR) is 117 cm³/mol. The maximum Gasteiger partial charge on any atom is 0.522 e. The molecule has 2 aliphatic carbocycles. The number of hydrogen-bond acceptors (Lipinski definition) is 6. The summed E-state index contributed by atoms with van der Waals surface area (Å²) >= 11 is 0. The van der Waals surface area contributed by atoms with Crippen molar-refractivity contribution in [2.75, 3.05) is 26.3 Å². The Labute approximate surface area is 206 Å². The van der Waals surface area contributed by atoms with Crippen molar-refractivity contribution in [1.82, 2.24) is 15.5 Å². The normalized spacial score (nSPS) is 33.5. The van der Waals surface area contributed by atoms with Crippen molar-refractivity contribution in [2.24, 2.45) is 23.2 Å². The lowest BCUT2D eigenvalue weighted by molar-refractivity contribution is -0.321. The van der Waals surface area contributed by atoms with Gasteiger partial charge < -0.3 is 20.3 Å². The van der Waals surface area contributed by atoms with Crippen LogP contribution in [-0.4, -0.2) is 79.3 Å². The molecule has 6 atom stereocenters. The molecule has 3 heterocycles. The van der Waals surface area contributed by atoms with Gasteiger partial charge in [0.25, 0.3) is 5.91 Å². The molecular formula is C24H32F3N3O6. The number of nitrogens with one attached hydrogen (secondary N) is 2. The Morgan fingerprint density at radius 1 is 1.22 bits per heavy atom. The molecule has 3 saturated heterocycles. The fraction of sp³-hybridized carbons (Fsp3) is 0.833. The number of nitrogens with zero attached hydrogens (tertiary/aromatic N) is 1. The number of hydrogen-bond donors (Lipinski definition) is 2. The highest BCUT2D eigenvalue weighted by atomic mass is 19.4. The molecule has 200 valence electrons. The number of halogens is 3. The zero-order valence-electron chi connectivity index (χ0n) is 20.0. The molecule has 1 spiro atoms. The van der Waals surface area contributed by atoms with Gasteiger partial charge in [0.15, 0.2) is 5.78 Å². The Kier molecular flexibility index (Phi) is 6.78. The highest BCUT2D eigenvalue weighted by Gasteiger charge is 2.55. The molecule has 0 bridgehead atoms. The lowest BCUT2D eigenvalue weighted by Crippen LogP contribution is -2.55. The third-order valence-electron chi connectivity index (χ3n) is 8.65. The Morgan fingerprint density at radius 3 is 2.64 bits per heavy atom. The van der Waals surface area contributed by atoms with Crippen LogP contribution in [0.3, 0.4) is 0 Å². The third kappa shape index (κ3) is 5.25. The van der Waals surface area contributed by atoms with Gasteiger partial charge in [0.05, 0.1) is 12.6 Å². The van der Waals surface area contributed by atoms with Gasteiger partial charge >= 0.3 is 6.36 Å². The Morgan fingerprint density at radius 2 is 2.00 bits per heavy atom. The van der Waals surface area contributed by atoms with E-state index in [9.17, 15) is 32.3 Å². The van der Waals surface area contributed by atoms with E-state index in [-0.39, 0.29) is 35.5 Å². The molecule has 0 aromatic rings. The van der Waals surface area contributed by atoms with Crippen molar-refractivity contribution >= 4 is 23.5 Å². The summed E-state index contributed by atoms with van der Waals surface area (Å²) in [6.45, 7) is 0.102. The molecule has 3 aliphatic heterocycles. The summed E-state index contributed by atoms with van der Waals surface area (Å²) in [5.41, 5.74) is 0.0888. The molecule has 5 fully saturated rings. The van der Waals surface area contributed by atoms with Crippen LogP contribution in [0.5, 0.6) is 0 Å². The standard InChI is InChI=1S/C24H32F3N3O6/c25-24(26,27)36-11-17(31)16(8-13-4-7-28-20(13)32)29-21(33)19-15-3-1-2-14(15)10-30(19)22(34)18-9-23(5-6-23)12-35-18/h13-16,18-19H,1-12H2,(H,28,32)(H,29,33)/t13?,14-,15-,16?,18?,19-/m0/s1. The highest BCUT2D eigenvalue weighted by Crippen LogP contribution is 2.54. The first-order valence-electron chi connectivity index (χ1n) is 12.8. The molecule has 9 nitrogen and oxygen atoms in total. The number of Topliss-reactive ketones (excluding diaryl/α,β-unsaturated/α-hetero) is 1. The molecule has 5 aliphatic rings. The van der Waals surface area contributed by atoms with E-state index in [4.69, 9.17) is 4.74 Å². The third-order valence-corrected chi connectivity index (χ3v) is 8.65. The van der Waals surface area contributed by atoms with E-state index in [1.807, 2.05) is 0 Å². The van der Waals surface area contributed by atoms with Crippen molar-refractivity contribution in [2.45, 2.75) is 75.9 Å². The van der Waals surface area contributed by atoms with Crippen LogP contribution < -0.4 is 10.6 Å². The van der Waals surface area contributed by atoms with E-state index in [0.717, 1.165) is 32.1 Å². The predicted octanol–water partition coefficient (Wildman–Crippen LogP) is 1.30. The minimum atomic E-state index is -5.00. The van der Waals surface area contributed by atoms with Gasteiger partial charge in [-0.05, 0) is 62.2 Å². The van der Waals surface area contributed by atoms with Gasteiger partial charge in [-0.15, -0.1) is 13.2 Å². The number of fused-ring (bicyclic) bond motifs is 1. The number of carbonyl (C=O) groups is 4. The number of amides is 3. The number of carbonyl (C=O) groups excluding carboxylic acids is 4. The van der Waals surface area contributed by atoms with Crippen molar-refractivity contribution in [1.29, 1.82) is 0 Å². The van der Waals surface area contributed by atoms with E-state index in [2.05, 4.69) is 15.4 Å². The van der Waals surface area contributed by atoms with E-state index in [1.54, 1.807) is 4.90 Å². The molecule has 2 saturated carbocycles. The van der Waals surface area contributed by atoms with Crippen molar-refractivity contribution in [3.05, 3.63) is 0 Å². The first kappa shape index (κ1) is 25.4. The van der Waals surface area contributed by atoms with Gasteiger partial charge in [0.2, 0.25) is 11.8 Å². The Hall–Kier alpha value is -2.21. The van der Waals surface area contributed by atoms with Gasteiger partial charge in [-0.1, -0.05) is 6.42 Å². The first-order chi connectivity index (χ1) is 17.1. The van der Waals surface area contributed by atoms with Crippen LogP contribution in [-0.2, 0) is 28.7 Å². The second-order valence-electron chi connectivity index (χ2n) is 11.1. The SMILES string of the molecule is O=C1NCCC1CC(NC(=O)[C@@H]1[C@H]2CCC[C@H]2CN1C(=O)C1CC2(CC2)CO1)C(=O)COC(F)(F)F. The summed E-state index contributed by atoms with van der Waals surface area (Å²) in [5, 5.41) is 5.24. The summed E-state index contributed by atoms with van der Waals surface area (Å²) in [7, 11) is 0. The van der Waals surface area contributed by atoms with Crippen LogP contribution >= 0.6 is 0 Å². The largest absolute Gasteiger partial charge is 0.522 e. The fourth-order valence-corrected chi connectivity index (χ4v) is 6.46. The van der Waals surface area contributed by atoms with Gasteiger partial charge in [-0.25, -0.2) is 0 Å². The first-order valence-corrected chi connectivity index (χ1v) is 12.8. The zero-order valence-corrected chi connectivity index (χ0v) is 20.0. The molecule has 36 heavy (non-hydrogen) atoms. The maximum atomic E-state index is 13.6. The molecule has 3 unspecified atom stereocenters. The second-order valence-corrected chi connectivity index (χ2v) is 11.1. The number of alkyl halides is 3. The topological polar surface area (TPSA) is 114 Å². The van der Waals surface area contributed by atoms with Gasteiger partial charge in [-0.2, -0.15) is 0 Å². The quantitative estimate of drug-likeness (QED) is 0.504. The lowest BCUT2D eigenvalue weighted by atomic mass is 9.92. The average molecular weight is 516 g/mol. The smallest absolute Gasteiger partial charge is 0.368 e. The van der Waals surface area contributed by atoms with E-state index in [0.29, 0.717) is 32.5 Å². The molecule has 0 aromatic heterocycles. The van der Waals surface area contributed by atoms with Crippen LogP contribution in [0.1, 0.15) is 51.4 Å². The Balaban J connectivity index is 1.31. The van der Waals surface area contributed by atoms with E-state index < -0.39 is 48.8 Å². The molecule has 3 amide bonds. The molecule has 0 aromatic carbocycles. The molecule has 2 N–H and O–H groups in total. The van der Waals surface area contributed by atoms with Gasteiger partial charge in [-0.3, -0.25) is 23.9 Å². The highest BCUT2D eigenvalue weighted by molar-refractivity contribution is 5.95. The van der Waals surface area contributed by atoms with Crippen molar-refractivity contribution < 1.29 is 41.8 Å². The van der Waals surface area contributed by atoms with E-state index in [1.165, 1.54) is 0 Å². The minimum Gasteiger partial charge on any atom is -0.368 e. The van der Waals surface area contributed by atoms with Gasteiger partial charge in [0.1, 0.15) is 18.8 Å². The average Bonchev–Trinajstić information content (AvgIpc) is 3.20. The fourth-order valence-electron chi connectivity index (χ4n) is 6.46. The van der Waals surface area contributed by atoms with Crippen LogP contribution in [0.15, 0.2) is 0 Å². The number of rotatable bonds is 8. The van der Waals surface area contributed by atoms with Crippen LogP contribution in [0.2, 0.25) is 0 Å². The van der Waals surface area contributed by atoms with E-state index >= 15 is 0 Å². The molecule has 0 radical (unpaired) electrons. The summed E-state index contributed by atoms with van der Waals surface area (Å²) in [6.07, 6.45) is -0.0383. The monoisotopic (exact) mass is 515 g/mol.